The highest BCUT2D eigenvalue weighted by molar-refractivity contribution is 7.84. The van der Waals surface area contributed by atoms with Crippen molar-refractivity contribution in [1.82, 2.24) is 9.47 Å². The number of aromatic nitrogens is 1. The molecule has 2 aromatic rings. The van der Waals surface area contributed by atoms with Crippen LogP contribution in [0.15, 0.2) is 23.4 Å². The van der Waals surface area contributed by atoms with Gasteiger partial charge in [0.2, 0.25) is 0 Å². The van der Waals surface area contributed by atoms with Crippen molar-refractivity contribution in [2.45, 2.75) is 71.1 Å². The molecule has 2 aliphatic rings. The predicted octanol–water partition coefficient (Wildman–Crippen LogP) is 4.16. The Morgan fingerprint density at radius 1 is 1.18 bits per heavy atom. The molecule has 1 saturated carbocycles. The Bertz CT molecular complexity index is 1130. The maximum atomic E-state index is 14.1. The third-order valence-corrected chi connectivity index (χ3v) is 8.17. The van der Waals surface area contributed by atoms with Crippen LogP contribution >= 0.6 is 0 Å². The van der Waals surface area contributed by atoms with Crippen molar-refractivity contribution in [1.29, 1.82) is 0 Å². The number of hydrogen-bond acceptors (Lipinski definition) is 6. The Balaban J connectivity index is 1.59. The van der Waals surface area contributed by atoms with Gasteiger partial charge in [0.05, 0.1) is 11.9 Å². The lowest BCUT2D eigenvalue weighted by Gasteiger charge is -2.42. The zero-order valence-electron chi connectivity index (χ0n) is 19.9. The summed E-state index contributed by atoms with van der Waals surface area (Å²) in [4.78, 5) is 2.59. The Kier molecular flexibility index (Phi) is 7.61. The van der Waals surface area contributed by atoms with Gasteiger partial charge in [0.1, 0.15) is 12.4 Å². The van der Waals surface area contributed by atoms with E-state index in [-0.39, 0.29) is 12.6 Å². The van der Waals surface area contributed by atoms with Crippen LogP contribution in [-0.2, 0) is 21.1 Å². The fraction of sp³-hybridized carbons (Fsp3) is 0.625. The van der Waals surface area contributed by atoms with Crippen LogP contribution in [0.3, 0.4) is 0 Å². The molecule has 0 atom stereocenters. The molecule has 34 heavy (non-hydrogen) atoms. The summed E-state index contributed by atoms with van der Waals surface area (Å²) in [6.07, 6.45) is 8.01. The van der Waals surface area contributed by atoms with E-state index in [0.29, 0.717) is 22.7 Å². The number of nitrogens with zero attached hydrogens (tertiary/aromatic N) is 3. The molecule has 0 spiro atoms. The topological polar surface area (TPSA) is 110 Å². The van der Waals surface area contributed by atoms with Crippen LogP contribution in [-0.4, -0.2) is 48.4 Å². The summed E-state index contributed by atoms with van der Waals surface area (Å²) in [5.74, 6) is 1.14. The van der Waals surface area contributed by atoms with Gasteiger partial charge in [0.25, 0.3) is 0 Å². The van der Waals surface area contributed by atoms with Crippen LogP contribution < -0.4 is 5.14 Å². The standard InChI is InChI=1S/C24H35FN4O4S/c1-16(2)17-3-6-19(7-4-17)28-11-9-20(10-12-28)29-23-8-5-18(25)13-21(23)22(14-27-30)24(29)15-33-34(26,31)32/h5,8,13-14,16-17,19-20,30H,3-4,6-7,9-12,15H2,1-2H3,(H2,26,31,32)/b27-14-. The number of likely N-dealkylation sites (tertiary alicyclic amines) is 1. The van der Waals surface area contributed by atoms with Gasteiger partial charge in [-0.05, 0) is 68.6 Å². The molecule has 1 aromatic carbocycles. The number of nitrogens with two attached hydrogens (primary N) is 1. The van der Waals surface area contributed by atoms with Gasteiger partial charge in [-0.1, -0.05) is 19.0 Å². The molecular weight excluding hydrogens is 459 g/mol. The fourth-order valence-electron chi connectivity index (χ4n) is 5.91. The van der Waals surface area contributed by atoms with Crippen molar-refractivity contribution < 1.29 is 22.2 Å². The van der Waals surface area contributed by atoms with Crippen LogP contribution in [0.1, 0.15) is 69.7 Å². The van der Waals surface area contributed by atoms with Gasteiger partial charge in [-0.15, -0.1) is 0 Å². The van der Waals surface area contributed by atoms with Crippen molar-refractivity contribution in [3.8, 4) is 0 Å². The van der Waals surface area contributed by atoms with E-state index in [0.717, 1.165) is 43.3 Å². The first-order valence-corrected chi connectivity index (χ1v) is 13.6. The fourth-order valence-corrected chi connectivity index (χ4v) is 6.19. The predicted molar refractivity (Wildman–Crippen MR) is 130 cm³/mol. The van der Waals surface area contributed by atoms with E-state index in [9.17, 15) is 18.0 Å². The highest BCUT2D eigenvalue weighted by Crippen LogP contribution is 2.37. The van der Waals surface area contributed by atoms with E-state index < -0.39 is 16.1 Å². The minimum Gasteiger partial charge on any atom is -0.411 e. The van der Waals surface area contributed by atoms with Gasteiger partial charge >= 0.3 is 10.3 Å². The van der Waals surface area contributed by atoms with Gasteiger partial charge in [-0.2, -0.15) is 8.42 Å². The van der Waals surface area contributed by atoms with Crippen LogP contribution in [0.2, 0.25) is 0 Å². The van der Waals surface area contributed by atoms with Crippen LogP contribution in [0.4, 0.5) is 4.39 Å². The minimum absolute atomic E-state index is 0.0798. The van der Waals surface area contributed by atoms with Crippen molar-refractivity contribution >= 4 is 27.4 Å². The Morgan fingerprint density at radius 3 is 2.44 bits per heavy atom. The molecule has 3 N–H and O–H groups in total. The summed E-state index contributed by atoms with van der Waals surface area (Å²) in [6.45, 7) is 6.20. The summed E-state index contributed by atoms with van der Waals surface area (Å²) in [6, 6.07) is 5.13. The van der Waals surface area contributed by atoms with Gasteiger partial charge in [-0.25, -0.2) is 9.53 Å². The van der Waals surface area contributed by atoms with E-state index in [1.807, 2.05) is 4.57 Å². The van der Waals surface area contributed by atoms with Crippen molar-refractivity contribution in [3.63, 3.8) is 0 Å². The molecule has 4 rings (SSSR count). The SMILES string of the molecule is CC(C)C1CCC(N2CCC(n3c(COS(N)(=O)=O)c(/C=N\O)c4cc(F)ccc43)CC2)CC1. The largest absolute Gasteiger partial charge is 0.411 e. The molecule has 2 fully saturated rings. The summed E-state index contributed by atoms with van der Waals surface area (Å²) in [5, 5.41) is 18.0. The monoisotopic (exact) mass is 494 g/mol. The van der Waals surface area contributed by atoms with E-state index >= 15 is 0 Å². The average Bonchev–Trinajstić information content (AvgIpc) is 3.10. The molecule has 1 saturated heterocycles. The molecule has 0 radical (unpaired) electrons. The molecule has 2 heterocycles. The Morgan fingerprint density at radius 2 is 1.85 bits per heavy atom. The van der Waals surface area contributed by atoms with Crippen molar-refractivity contribution in [3.05, 3.63) is 35.3 Å². The molecular formula is C24H35FN4O4S. The second-order valence-electron chi connectivity index (χ2n) is 9.97. The number of oxime groups is 1. The molecule has 0 amide bonds. The van der Waals surface area contributed by atoms with Crippen LogP contribution in [0.25, 0.3) is 10.9 Å². The molecule has 8 nitrogen and oxygen atoms in total. The van der Waals surface area contributed by atoms with Gasteiger partial charge in [-0.3, -0.25) is 4.18 Å². The second-order valence-corrected chi connectivity index (χ2v) is 11.2. The normalized spacial score (nSPS) is 23.4. The Labute approximate surface area is 200 Å². The molecule has 0 unspecified atom stereocenters. The Hall–Kier alpha value is -2.01. The average molecular weight is 495 g/mol. The number of rotatable bonds is 7. The zero-order valence-corrected chi connectivity index (χ0v) is 20.7. The second kappa shape index (κ2) is 10.3. The minimum atomic E-state index is -4.18. The molecule has 1 aliphatic carbocycles. The van der Waals surface area contributed by atoms with Crippen molar-refractivity contribution in [2.24, 2.45) is 22.1 Å². The smallest absolute Gasteiger partial charge is 0.333 e. The van der Waals surface area contributed by atoms with E-state index in [4.69, 9.17) is 9.32 Å². The number of fused-ring (bicyclic) bond motifs is 1. The van der Waals surface area contributed by atoms with E-state index in [1.54, 1.807) is 6.07 Å². The maximum absolute atomic E-state index is 14.1. The molecule has 10 heteroatoms. The first-order chi connectivity index (χ1) is 16.2. The van der Waals surface area contributed by atoms with Gasteiger partial charge in [0, 0.05) is 41.6 Å². The molecule has 188 valence electrons. The number of piperidine rings is 1. The highest BCUT2D eigenvalue weighted by Gasteiger charge is 2.32. The molecule has 1 aromatic heterocycles. The van der Waals surface area contributed by atoms with Crippen LogP contribution in [0.5, 0.6) is 0 Å². The lowest BCUT2D eigenvalue weighted by atomic mass is 9.79. The van der Waals surface area contributed by atoms with E-state index in [1.165, 1.54) is 44.0 Å². The number of benzene rings is 1. The lowest BCUT2D eigenvalue weighted by molar-refractivity contribution is 0.0884. The van der Waals surface area contributed by atoms with Crippen LogP contribution in [0, 0.1) is 17.7 Å². The maximum Gasteiger partial charge on any atom is 0.333 e. The third-order valence-electron chi connectivity index (χ3n) is 7.72. The quantitative estimate of drug-likeness (QED) is 0.341. The molecule has 1 aliphatic heterocycles. The highest BCUT2D eigenvalue weighted by atomic mass is 32.2. The van der Waals surface area contributed by atoms with E-state index in [2.05, 4.69) is 23.9 Å². The lowest BCUT2D eigenvalue weighted by Crippen LogP contribution is -2.44. The summed E-state index contributed by atoms with van der Waals surface area (Å²) < 4.78 is 44.0. The first-order valence-electron chi connectivity index (χ1n) is 12.1. The van der Waals surface area contributed by atoms with Crippen molar-refractivity contribution in [2.75, 3.05) is 13.1 Å². The molecule has 0 bridgehead atoms. The van der Waals surface area contributed by atoms with Gasteiger partial charge in [0.15, 0.2) is 0 Å². The summed E-state index contributed by atoms with van der Waals surface area (Å²) in [5.41, 5.74) is 1.68. The first kappa shape index (κ1) is 25.1. The summed E-state index contributed by atoms with van der Waals surface area (Å²) >= 11 is 0. The van der Waals surface area contributed by atoms with Gasteiger partial charge < -0.3 is 14.7 Å². The number of hydrogen-bond donors (Lipinski definition) is 2. The number of halogens is 1. The third kappa shape index (κ3) is 5.45. The zero-order chi connectivity index (χ0) is 24.5. The summed E-state index contributed by atoms with van der Waals surface area (Å²) in [7, 11) is -4.18.